The first kappa shape index (κ1) is 22.9. The molecule has 0 aliphatic carbocycles. The van der Waals surface area contributed by atoms with Crippen LogP contribution in [0.3, 0.4) is 0 Å². The van der Waals surface area contributed by atoms with E-state index in [4.69, 9.17) is 10.5 Å². The Labute approximate surface area is 197 Å². The number of ether oxygens (including phenoxy) is 1. The summed E-state index contributed by atoms with van der Waals surface area (Å²) in [5.74, 6) is 1.43. The Bertz CT molecular complexity index is 833. The first-order chi connectivity index (χ1) is 14.3. The molecule has 1 atom stereocenters. The molecule has 0 spiro atoms. The van der Waals surface area contributed by atoms with Crippen LogP contribution in [0, 0.1) is 0 Å². The number of para-hydroxylation sites is 1. The lowest BCUT2D eigenvalue weighted by Crippen LogP contribution is -2.37. The zero-order chi connectivity index (χ0) is 19.9. The fraction of sp³-hybridized carbons (Fsp3) is 0.458. The van der Waals surface area contributed by atoms with Crippen LogP contribution in [0.1, 0.15) is 54.8 Å². The maximum Gasteiger partial charge on any atom is 0.189 e. The predicted molar refractivity (Wildman–Crippen MR) is 133 cm³/mol. The van der Waals surface area contributed by atoms with E-state index < -0.39 is 0 Å². The summed E-state index contributed by atoms with van der Waals surface area (Å²) >= 11 is 0. The maximum absolute atomic E-state index is 6.25. The smallest absolute Gasteiger partial charge is 0.189 e. The van der Waals surface area contributed by atoms with Gasteiger partial charge in [0, 0.05) is 18.5 Å². The highest BCUT2D eigenvalue weighted by atomic mass is 127. The zero-order valence-corrected chi connectivity index (χ0v) is 19.9. The second-order valence-corrected chi connectivity index (χ2v) is 8.03. The second kappa shape index (κ2) is 11.6. The molecule has 2 aliphatic rings. The summed E-state index contributed by atoms with van der Waals surface area (Å²) in [4.78, 5) is 7.24. The molecule has 6 heteroatoms. The molecule has 0 aromatic heterocycles. The van der Waals surface area contributed by atoms with Crippen LogP contribution in [-0.2, 0) is 13.1 Å². The third-order valence-corrected chi connectivity index (χ3v) is 5.91. The van der Waals surface area contributed by atoms with Gasteiger partial charge in [0.1, 0.15) is 5.75 Å². The molecule has 2 aromatic rings. The molecule has 2 heterocycles. The van der Waals surface area contributed by atoms with Crippen LogP contribution in [0.5, 0.6) is 5.75 Å². The van der Waals surface area contributed by atoms with E-state index in [0.29, 0.717) is 19.1 Å². The highest BCUT2D eigenvalue weighted by Crippen LogP contribution is 2.31. The summed E-state index contributed by atoms with van der Waals surface area (Å²) in [6.45, 7) is 4.70. The van der Waals surface area contributed by atoms with Gasteiger partial charge in [-0.25, -0.2) is 4.99 Å². The molecule has 3 N–H and O–H groups in total. The lowest BCUT2D eigenvalue weighted by molar-refractivity contribution is 0.262. The number of guanidine groups is 1. The Hall–Kier alpha value is -1.80. The molecule has 4 rings (SSSR count). The molecule has 30 heavy (non-hydrogen) atoms. The third-order valence-electron chi connectivity index (χ3n) is 5.91. The van der Waals surface area contributed by atoms with Crippen LogP contribution in [0.2, 0.25) is 0 Å². The van der Waals surface area contributed by atoms with Crippen molar-refractivity contribution >= 4 is 29.9 Å². The molecular formula is C24H33IN4O. The van der Waals surface area contributed by atoms with E-state index in [2.05, 4.69) is 45.5 Å². The fourth-order valence-corrected chi connectivity index (χ4v) is 4.29. The van der Waals surface area contributed by atoms with E-state index in [-0.39, 0.29) is 30.0 Å². The van der Waals surface area contributed by atoms with Crippen molar-refractivity contribution in [1.29, 1.82) is 0 Å². The molecule has 1 saturated heterocycles. The van der Waals surface area contributed by atoms with Crippen molar-refractivity contribution in [3.05, 3.63) is 65.2 Å². The standard InChI is InChI=1S/C24H32N4O.HI/c25-24(27-22-13-16-29-23-12-6-5-11-21(22)23)26-17-19-9-3-4-10-20(19)18-28-14-7-1-2-8-15-28;/h3-6,9-12,22H,1-2,7-8,13-18H2,(H3,25,26,27);1H. The van der Waals surface area contributed by atoms with E-state index in [9.17, 15) is 0 Å². The van der Waals surface area contributed by atoms with Crippen molar-refractivity contribution in [3.63, 3.8) is 0 Å². The number of likely N-dealkylation sites (tertiary alicyclic amines) is 1. The van der Waals surface area contributed by atoms with Gasteiger partial charge in [-0.3, -0.25) is 4.90 Å². The molecular weight excluding hydrogens is 487 g/mol. The highest BCUT2D eigenvalue weighted by Gasteiger charge is 2.21. The van der Waals surface area contributed by atoms with E-state index in [1.54, 1.807) is 0 Å². The van der Waals surface area contributed by atoms with Crippen molar-refractivity contribution in [1.82, 2.24) is 10.2 Å². The van der Waals surface area contributed by atoms with Gasteiger partial charge in [-0.05, 0) is 43.1 Å². The molecule has 0 bridgehead atoms. The molecule has 0 amide bonds. The summed E-state index contributed by atoms with van der Waals surface area (Å²) in [7, 11) is 0. The second-order valence-electron chi connectivity index (χ2n) is 8.03. The minimum Gasteiger partial charge on any atom is -0.493 e. The number of aliphatic imine (C=N–C) groups is 1. The van der Waals surface area contributed by atoms with Crippen LogP contribution in [0.15, 0.2) is 53.5 Å². The normalized spacial score (nSPS) is 19.7. The van der Waals surface area contributed by atoms with Crippen LogP contribution in [-0.4, -0.2) is 30.6 Å². The monoisotopic (exact) mass is 520 g/mol. The predicted octanol–water partition coefficient (Wildman–Crippen LogP) is 4.61. The minimum atomic E-state index is 0. The first-order valence-electron chi connectivity index (χ1n) is 10.9. The van der Waals surface area contributed by atoms with Gasteiger partial charge >= 0.3 is 0 Å². The van der Waals surface area contributed by atoms with Gasteiger partial charge in [0.15, 0.2) is 5.96 Å². The molecule has 2 aromatic carbocycles. The average Bonchev–Trinajstić information content (AvgIpc) is 3.02. The van der Waals surface area contributed by atoms with E-state index in [0.717, 1.165) is 24.3 Å². The topological polar surface area (TPSA) is 62.9 Å². The van der Waals surface area contributed by atoms with Crippen LogP contribution in [0.4, 0.5) is 0 Å². The Morgan fingerprint density at radius 2 is 1.70 bits per heavy atom. The number of hydrogen-bond acceptors (Lipinski definition) is 3. The van der Waals surface area contributed by atoms with Gasteiger partial charge in [0.25, 0.3) is 0 Å². The van der Waals surface area contributed by atoms with Gasteiger partial charge in [-0.1, -0.05) is 55.3 Å². The Morgan fingerprint density at radius 1 is 1.00 bits per heavy atom. The fourth-order valence-electron chi connectivity index (χ4n) is 4.29. The van der Waals surface area contributed by atoms with Gasteiger partial charge in [-0.2, -0.15) is 0 Å². The van der Waals surface area contributed by atoms with Crippen LogP contribution < -0.4 is 15.8 Å². The zero-order valence-electron chi connectivity index (χ0n) is 17.6. The molecule has 1 unspecified atom stereocenters. The van der Waals surface area contributed by atoms with Crippen molar-refractivity contribution < 1.29 is 4.74 Å². The quantitative estimate of drug-likeness (QED) is 0.344. The van der Waals surface area contributed by atoms with Crippen molar-refractivity contribution in [2.45, 2.75) is 51.2 Å². The molecule has 2 aliphatic heterocycles. The Balaban J connectivity index is 0.00000256. The van der Waals surface area contributed by atoms with Crippen LogP contribution in [0.25, 0.3) is 0 Å². The maximum atomic E-state index is 6.25. The summed E-state index contributed by atoms with van der Waals surface area (Å²) in [6.07, 6.45) is 6.23. The Kier molecular flexibility index (Phi) is 8.81. The van der Waals surface area contributed by atoms with Crippen molar-refractivity contribution in [2.75, 3.05) is 19.7 Å². The number of hydrogen-bond donors (Lipinski definition) is 2. The largest absolute Gasteiger partial charge is 0.493 e. The summed E-state index contributed by atoms with van der Waals surface area (Å²) in [6, 6.07) is 16.9. The van der Waals surface area contributed by atoms with Gasteiger partial charge in [0.05, 0.1) is 19.2 Å². The van der Waals surface area contributed by atoms with Crippen molar-refractivity contribution in [2.24, 2.45) is 10.7 Å². The molecule has 0 saturated carbocycles. The average molecular weight is 520 g/mol. The molecule has 162 valence electrons. The van der Waals surface area contributed by atoms with Crippen LogP contribution >= 0.6 is 24.0 Å². The number of halogens is 1. The van der Waals surface area contributed by atoms with E-state index >= 15 is 0 Å². The SMILES string of the molecule is I.NC(=NCc1ccccc1CN1CCCCCC1)NC1CCOc2ccccc21. The van der Waals surface area contributed by atoms with E-state index in [1.807, 2.05) is 18.2 Å². The summed E-state index contributed by atoms with van der Waals surface area (Å²) < 4.78 is 5.74. The number of nitrogens with zero attached hydrogens (tertiary/aromatic N) is 2. The molecule has 0 radical (unpaired) electrons. The van der Waals surface area contributed by atoms with Gasteiger partial charge in [0.2, 0.25) is 0 Å². The van der Waals surface area contributed by atoms with Gasteiger partial charge < -0.3 is 15.8 Å². The third kappa shape index (κ3) is 6.11. The number of rotatable bonds is 5. The number of nitrogens with two attached hydrogens (primary N) is 1. The molecule has 1 fully saturated rings. The highest BCUT2D eigenvalue weighted by molar-refractivity contribution is 14.0. The number of benzene rings is 2. The first-order valence-corrected chi connectivity index (χ1v) is 10.9. The lowest BCUT2D eigenvalue weighted by atomic mass is 10.0. The molecule has 5 nitrogen and oxygen atoms in total. The summed E-state index contributed by atoms with van der Waals surface area (Å²) in [5.41, 5.74) is 10.0. The lowest BCUT2D eigenvalue weighted by Gasteiger charge is -2.27. The Morgan fingerprint density at radius 3 is 2.50 bits per heavy atom. The minimum absolute atomic E-state index is 0. The van der Waals surface area contributed by atoms with Gasteiger partial charge in [-0.15, -0.1) is 24.0 Å². The summed E-state index contributed by atoms with van der Waals surface area (Å²) in [5, 5.41) is 3.39. The number of fused-ring (bicyclic) bond motifs is 1. The van der Waals surface area contributed by atoms with Crippen molar-refractivity contribution in [3.8, 4) is 5.75 Å². The van der Waals surface area contributed by atoms with E-state index in [1.165, 1.54) is 49.9 Å². The number of nitrogens with one attached hydrogen (secondary N) is 1.